The molecule has 2 N–H and O–H groups in total. The highest BCUT2D eigenvalue weighted by atomic mass is 32.3. The SMILES string of the molecule is CC(C)c1cccc(C(C)C)c1/C=c1\ccc2c(c1)Oc1cc(Cc3c(C(C)C)cccc3C(C)C)ccc1C=2c1ccccc1S(=O)(=O)NS(=O)(=O)c1c(F)c(F)c(SCCCCCCO)c(F)c1F. The molecule has 376 valence electrons. The smallest absolute Gasteiger partial charge is 0.259 e. The van der Waals surface area contributed by atoms with Crippen LogP contribution >= 0.6 is 11.8 Å². The lowest BCUT2D eigenvalue weighted by atomic mass is 9.85. The van der Waals surface area contributed by atoms with Crippen molar-refractivity contribution >= 4 is 43.5 Å². The molecule has 0 atom stereocenters. The summed E-state index contributed by atoms with van der Waals surface area (Å²) in [7, 11) is -11.1. The molecule has 1 aliphatic rings. The van der Waals surface area contributed by atoms with Crippen LogP contribution in [0.1, 0.15) is 155 Å². The van der Waals surface area contributed by atoms with Crippen molar-refractivity contribution in [2.45, 2.75) is 126 Å². The number of rotatable bonds is 19. The Labute approximate surface area is 420 Å². The van der Waals surface area contributed by atoms with Crippen molar-refractivity contribution in [1.29, 1.82) is 0 Å². The number of benzene rings is 6. The van der Waals surface area contributed by atoms with Gasteiger partial charge in [0.15, 0.2) is 28.2 Å². The number of thioether (sulfide) groups is 1. The van der Waals surface area contributed by atoms with Gasteiger partial charge in [-0.25, -0.2) is 34.4 Å². The van der Waals surface area contributed by atoms with Crippen LogP contribution in [-0.4, -0.2) is 34.3 Å². The van der Waals surface area contributed by atoms with Crippen molar-refractivity contribution in [3.05, 3.63) is 181 Å². The largest absolute Gasteiger partial charge is 0.456 e. The van der Waals surface area contributed by atoms with Gasteiger partial charge in [-0.1, -0.05) is 141 Å². The van der Waals surface area contributed by atoms with E-state index in [4.69, 9.17) is 9.84 Å². The van der Waals surface area contributed by atoms with Gasteiger partial charge in [0.1, 0.15) is 11.5 Å². The highest BCUT2D eigenvalue weighted by Gasteiger charge is 2.37. The van der Waals surface area contributed by atoms with Crippen LogP contribution in [0, 0.1) is 23.3 Å². The quantitative estimate of drug-likeness (QED) is 0.0359. The highest BCUT2D eigenvalue weighted by Crippen LogP contribution is 2.41. The van der Waals surface area contributed by atoms with Gasteiger partial charge in [0.25, 0.3) is 20.0 Å². The second-order valence-electron chi connectivity index (χ2n) is 19.3. The zero-order valence-corrected chi connectivity index (χ0v) is 43.7. The van der Waals surface area contributed by atoms with E-state index in [0.717, 1.165) is 22.4 Å². The minimum absolute atomic E-state index is 0.0222. The fourth-order valence-electron chi connectivity index (χ4n) is 9.33. The normalized spacial score (nSPS) is 13.1. The molecule has 1 heterocycles. The number of hydrogen-bond acceptors (Lipinski definition) is 7. The Morgan fingerprint density at radius 3 is 1.77 bits per heavy atom. The van der Waals surface area contributed by atoms with E-state index in [2.05, 4.69) is 97.9 Å². The van der Waals surface area contributed by atoms with E-state index in [-0.39, 0.29) is 41.6 Å². The molecule has 14 heteroatoms. The third-order valence-corrected chi connectivity index (χ3v) is 17.6. The van der Waals surface area contributed by atoms with Crippen LogP contribution in [0.15, 0.2) is 112 Å². The summed E-state index contributed by atoms with van der Waals surface area (Å²) < 4.78 is 127. The Hall–Kier alpha value is -5.25. The van der Waals surface area contributed by atoms with Crippen molar-refractivity contribution in [2.75, 3.05) is 12.4 Å². The summed E-state index contributed by atoms with van der Waals surface area (Å²) >= 11 is 0.463. The lowest BCUT2D eigenvalue weighted by molar-refractivity contribution is 0.283. The van der Waals surface area contributed by atoms with Crippen LogP contribution in [0.2, 0.25) is 0 Å². The Kier molecular flexibility index (Phi) is 16.8. The topological polar surface area (TPSA) is 110 Å². The molecule has 0 saturated carbocycles. The predicted octanol–water partition coefficient (Wildman–Crippen LogP) is 12.8. The van der Waals surface area contributed by atoms with Crippen molar-refractivity contribution in [1.82, 2.24) is 4.13 Å². The number of aliphatic hydroxyl groups is 1. The van der Waals surface area contributed by atoms with E-state index < -0.39 is 58.0 Å². The molecular weight excluding hydrogens is 967 g/mol. The van der Waals surface area contributed by atoms with Gasteiger partial charge in [0.2, 0.25) is 0 Å². The highest BCUT2D eigenvalue weighted by molar-refractivity contribution is 8.04. The molecule has 1 aliphatic heterocycles. The first-order valence-electron chi connectivity index (χ1n) is 24.1. The van der Waals surface area contributed by atoms with Gasteiger partial charge in [-0.3, -0.25) is 0 Å². The Bertz CT molecular complexity index is 3250. The van der Waals surface area contributed by atoms with E-state index >= 15 is 17.6 Å². The maximum atomic E-state index is 15.7. The fourth-order valence-corrected chi connectivity index (χ4v) is 13.5. The van der Waals surface area contributed by atoms with Crippen molar-refractivity contribution < 1.29 is 44.2 Å². The first-order valence-corrected chi connectivity index (χ1v) is 28.0. The summed E-state index contributed by atoms with van der Waals surface area (Å²) in [5.74, 6) is -6.67. The molecule has 0 unspecified atom stereocenters. The molecule has 0 aromatic heterocycles. The van der Waals surface area contributed by atoms with Crippen LogP contribution in [0.25, 0.3) is 11.6 Å². The monoisotopic (exact) mass is 1030 g/mol. The third-order valence-electron chi connectivity index (χ3n) is 12.8. The number of nitrogens with one attached hydrogen (secondary N) is 1. The second kappa shape index (κ2) is 22.3. The average Bonchev–Trinajstić information content (AvgIpc) is 3.31. The maximum Gasteiger partial charge on any atom is 0.259 e. The molecule has 6 aromatic carbocycles. The lowest BCUT2D eigenvalue weighted by Gasteiger charge is -2.24. The van der Waals surface area contributed by atoms with E-state index in [1.165, 1.54) is 44.1 Å². The van der Waals surface area contributed by atoms with Gasteiger partial charge >= 0.3 is 0 Å². The summed E-state index contributed by atoms with van der Waals surface area (Å²) in [6, 6.07) is 29.5. The fraction of sp³-hybridized carbons (Fsp3) is 0.333. The molecule has 6 aromatic rings. The van der Waals surface area contributed by atoms with Crippen molar-refractivity contribution in [3.8, 4) is 11.5 Å². The van der Waals surface area contributed by atoms with E-state index in [1.807, 2.05) is 36.4 Å². The molecular formula is C57H61F4NO6S3. The van der Waals surface area contributed by atoms with Gasteiger partial charge in [-0.15, -0.1) is 15.9 Å². The van der Waals surface area contributed by atoms with E-state index in [1.54, 1.807) is 6.07 Å². The molecule has 71 heavy (non-hydrogen) atoms. The first-order chi connectivity index (χ1) is 33.7. The zero-order valence-electron chi connectivity index (χ0n) is 41.3. The summed E-state index contributed by atoms with van der Waals surface area (Å²) in [5, 5.41) is 10.3. The Balaban J connectivity index is 1.38. The summed E-state index contributed by atoms with van der Waals surface area (Å²) in [6.07, 6.45) is 4.79. The predicted molar refractivity (Wildman–Crippen MR) is 276 cm³/mol. The number of aliphatic hydroxyl groups excluding tert-OH is 1. The minimum Gasteiger partial charge on any atom is -0.456 e. The molecule has 0 saturated heterocycles. The molecule has 7 nitrogen and oxygen atoms in total. The number of hydrogen-bond donors (Lipinski definition) is 2. The number of halogens is 4. The van der Waals surface area contributed by atoms with Crippen molar-refractivity contribution in [2.24, 2.45) is 0 Å². The summed E-state index contributed by atoms with van der Waals surface area (Å²) in [5.41, 5.74) is 8.86. The van der Waals surface area contributed by atoms with Gasteiger partial charge < -0.3 is 9.84 Å². The van der Waals surface area contributed by atoms with Crippen molar-refractivity contribution in [3.63, 3.8) is 0 Å². The van der Waals surface area contributed by atoms with E-state index in [9.17, 15) is 16.8 Å². The molecule has 0 aliphatic carbocycles. The second-order valence-corrected chi connectivity index (χ2v) is 23.9. The summed E-state index contributed by atoms with van der Waals surface area (Å²) in [4.78, 5) is -3.77. The van der Waals surface area contributed by atoms with Gasteiger partial charge in [-0.05, 0) is 123 Å². The van der Waals surface area contributed by atoms with Gasteiger partial charge in [-0.2, -0.15) is 0 Å². The zero-order chi connectivity index (χ0) is 51.5. The number of sulfonamides is 2. The standard InChI is InChI=1S/C57H61F4NO6S3/c1-33(2)39-18-15-19-40(34(3)4)46(39)29-37-23-25-43-48(31-37)68-49-32-38(30-47-41(35(5)6)20-16-21-42(47)36(7)8)24-26-44(49)51(43)45-17-11-12-22-50(45)70(64,65)62-71(66,67)57-54(60)52(58)56(53(59)55(57)61)69-28-14-10-9-13-27-63/h11-12,15-26,29,31-36,62-63H,9-10,13-14,27-28,30H2,1-8H3/b37-29+. The lowest BCUT2D eigenvalue weighted by Crippen LogP contribution is -2.33. The maximum absolute atomic E-state index is 15.7. The third kappa shape index (κ3) is 11.4. The van der Waals surface area contributed by atoms with Gasteiger partial charge in [0.05, 0.1) is 9.79 Å². The molecule has 0 spiro atoms. The van der Waals surface area contributed by atoms with Crippen LogP contribution < -0.4 is 19.3 Å². The first kappa shape index (κ1) is 53.5. The molecule has 0 radical (unpaired) electrons. The van der Waals surface area contributed by atoms with Crippen LogP contribution in [-0.2, 0) is 26.5 Å². The minimum atomic E-state index is -5.84. The Morgan fingerprint density at radius 1 is 0.606 bits per heavy atom. The molecule has 0 amide bonds. The van der Waals surface area contributed by atoms with Crippen LogP contribution in [0.4, 0.5) is 17.6 Å². The number of ether oxygens (including phenoxy) is 1. The molecule has 0 bridgehead atoms. The Morgan fingerprint density at radius 2 is 1.18 bits per heavy atom. The van der Waals surface area contributed by atoms with E-state index in [0.29, 0.717) is 71.7 Å². The number of unbranched alkanes of at least 4 members (excludes halogenated alkanes) is 3. The molecule has 7 rings (SSSR count). The summed E-state index contributed by atoms with van der Waals surface area (Å²) in [6.45, 7) is 17.2. The number of fused-ring (bicyclic) bond motifs is 2. The van der Waals surface area contributed by atoms with Crippen LogP contribution in [0.3, 0.4) is 0 Å². The van der Waals surface area contributed by atoms with Crippen LogP contribution in [0.5, 0.6) is 11.5 Å². The average molecular weight is 1030 g/mol. The molecule has 0 fully saturated rings. The van der Waals surface area contributed by atoms with Gasteiger partial charge in [0, 0.05) is 28.5 Å².